The Bertz CT molecular complexity index is 250. The van der Waals surface area contributed by atoms with Crippen LogP contribution in [-0.4, -0.2) is 21.3 Å². The molecule has 12 heavy (non-hydrogen) atoms. The van der Waals surface area contributed by atoms with E-state index < -0.39 is 0 Å². The van der Waals surface area contributed by atoms with E-state index in [4.69, 9.17) is 5.73 Å². The van der Waals surface area contributed by atoms with Crippen molar-refractivity contribution < 1.29 is 0 Å². The van der Waals surface area contributed by atoms with Crippen molar-refractivity contribution in [3.05, 3.63) is 11.6 Å². The zero-order valence-corrected chi connectivity index (χ0v) is 7.91. The zero-order valence-electron chi connectivity index (χ0n) is 7.91. The van der Waals surface area contributed by atoms with Crippen molar-refractivity contribution in [3.63, 3.8) is 0 Å². The third kappa shape index (κ3) is 1.64. The van der Waals surface area contributed by atoms with Crippen LogP contribution in [0.25, 0.3) is 0 Å². The van der Waals surface area contributed by atoms with Gasteiger partial charge in [-0.1, -0.05) is 6.92 Å². The van der Waals surface area contributed by atoms with Crippen LogP contribution in [0.1, 0.15) is 31.0 Å². The highest BCUT2D eigenvalue weighted by molar-refractivity contribution is 4.90. The third-order valence-corrected chi connectivity index (χ3v) is 2.00. The normalized spacial score (nSPS) is 13.3. The predicted octanol–water partition coefficient (Wildman–Crippen LogP) is 0.805. The van der Waals surface area contributed by atoms with Crippen molar-refractivity contribution in [1.82, 2.24) is 14.8 Å². The van der Waals surface area contributed by atoms with Crippen LogP contribution in [0.2, 0.25) is 0 Å². The highest BCUT2D eigenvalue weighted by Gasteiger charge is 2.10. The van der Waals surface area contributed by atoms with Gasteiger partial charge in [0.25, 0.3) is 0 Å². The number of nitrogens with zero attached hydrogens (tertiary/aromatic N) is 3. The molecule has 1 heterocycles. The molecule has 2 N–H and O–H groups in total. The van der Waals surface area contributed by atoms with Gasteiger partial charge in [0.05, 0.1) is 6.04 Å². The van der Waals surface area contributed by atoms with Crippen LogP contribution in [0.3, 0.4) is 0 Å². The molecule has 0 radical (unpaired) electrons. The lowest BCUT2D eigenvalue weighted by atomic mass is 10.2. The van der Waals surface area contributed by atoms with Gasteiger partial charge in [-0.05, 0) is 20.3 Å². The molecule has 0 fully saturated rings. The fourth-order valence-electron chi connectivity index (χ4n) is 1.32. The Morgan fingerprint density at radius 1 is 1.50 bits per heavy atom. The van der Waals surface area contributed by atoms with E-state index in [2.05, 4.69) is 17.0 Å². The summed E-state index contributed by atoms with van der Waals surface area (Å²) in [6.45, 7) is 6.58. The van der Waals surface area contributed by atoms with Crippen molar-refractivity contribution in [2.75, 3.05) is 6.54 Å². The summed E-state index contributed by atoms with van der Waals surface area (Å²) in [4.78, 5) is 4.22. The summed E-state index contributed by atoms with van der Waals surface area (Å²) in [5, 5.41) is 4.28. The van der Waals surface area contributed by atoms with Crippen LogP contribution < -0.4 is 5.73 Å². The summed E-state index contributed by atoms with van der Waals surface area (Å²) in [5.74, 6) is 1.77. The summed E-state index contributed by atoms with van der Waals surface area (Å²) >= 11 is 0. The number of nitrogens with two attached hydrogens (primary N) is 1. The standard InChI is InChI=1S/C8H16N4/c1-4-8(5-9)12-7(3)10-6(2)11-12/h8H,4-5,9H2,1-3H3. The predicted molar refractivity (Wildman–Crippen MR) is 47.9 cm³/mol. The van der Waals surface area contributed by atoms with Crippen molar-refractivity contribution in [2.24, 2.45) is 5.73 Å². The molecule has 4 heteroatoms. The van der Waals surface area contributed by atoms with Crippen molar-refractivity contribution >= 4 is 0 Å². The molecular formula is C8H16N4. The minimum absolute atomic E-state index is 0.297. The molecule has 0 aliphatic heterocycles. The average molecular weight is 168 g/mol. The van der Waals surface area contributed by atoms with Gasteiger partial charge in [-0.25, -0.2) is 9.67 Å². The van der Waals surface area contributed by atoms with Gasteiger partial charge in [0.1, 0.15) is 11.6 Å². The van der Waals surface area contributed by atoms with Crippen molar-refractivity contribution in [1.29, 1.82) is 0 Å². The molecule has 1 rings (SSSR count). The molecule has 68 valence electrons. The Labute approximate surface area is 72.8 Å². The number of rotatable bonds is 3. The van der Waals surface area contributed by atoms with E-state index in [1.54, 1.807) is 0 Å². The maximum absolute atomic E-state index is 5.60. The lowest BCUT2D eigenvalue weighted by molar-refractivity contribution is 0.437. The summed E-state index contributed by atoms with van der Waals surface area (Å²) in [6.07, 6.45) is 1.00. The van der Waals surface area contributed by atoms with Crippen LogP contribution in [0.5, 0.6) is 0 Å². The molecule has 1 aromatic rings. The molecule has 0 aliphatic carbocycles. The first-order valence-corrected chi connectivity index (χ1v) is 4.28. The molecule has 4 nitrogen and oxygen atoms in total. The van der Waals surface area contributed by atoms with Gasteiger partial charge in [-0.15, -0.1) is 0 Å². The van der Waals surface area contributed by atoms with Gasteiger partial charge in [0.2, 0.25) is 0 Å². The minimum Gasteiger partial charge on any atom is -0.328 e. The second-order valence-electron chi connectivity index (χ2n) is 2.95. The Kier molecular flexibility index (Phi) is 2.81. The lowest BCUT2D eigenvalue weighted by Gasteiger charge is -2.13. The van der Waals surface area contributed by atoms with E-state index >= 15 is 0 Å². The second-order valence-corrected chi connectivity index (χ2v) is 2.95. The molecule has 0 saturated heterocycles. The first kappa shape index (κ1) is 9.19. The summed E-state index contributed by atoms with van der Waals surface area (Å²) < 4.78 is 1.91. The fraction of sp³-hybridized carbons (Fsp3) is 0.750. The van der Waals surface area contributed by atoms with E-state index in [1.807, 2.05) is 18.5 Å². The Morgan fingerprint density at radius 3 is 2.50 bits per heavy atom. The maximum Gasteiger partial charge on any atom is 0.147 e. The monoisotopic (exact) mass is 168 g/mol. The first-order valence-electron chi connectivity index (χ1n) is 4.28. The van der Waals surface area contributed by atoms with Crippen LogP contribution in [0.4, 0.5) is 0 Å². The van der Waals surface area contributed by atoms with Crippen LogP contribution in [0.15, 0.2) is 0 Å². The Balaban J connectivity index is 2.91. The smallest absolute Gasteiger partial charge is 0.147 e. The second kappa shape index (κ2) is 3.67. The molecule has 0 amide bonds. The lowest BCUT2D eigenvalue weighted by Crippen LogP contribution is -2.20. The van der Waals surface area contributed by atoms with E-state index in [0.29, 0.717) is 12.6 Å². The first-order chi connectivity index (χ1) is 5.69. The highest BCUT2D eigenvalue weighted by atomic mass is 15.4. The molecule has 0 saturated carbocycles. The molecule has 1 unspecified atom stereocenters. The largest absolute Gasteiger partial charge is 0.328 e. The average Bonchev–Trinajstić information content (AvgIpc) is 2.34. The summed E-state index contributed by atoms with van der Waals surface area (Å²) in [6, 6.07) is 0.297. The van der Waals surface area contributed by atoms with E-state index in [1.165, 1.54) is 0 Å². The quantitative estimate of drug-likeness (QED) is 0.726. The summed E-state index contributed by atoms with van der Waals surface area (Å²) in [5.41, 5.74) is 5.60. The molecule has 0 bridgehead atoms. The summed E-state index contributed by atoms with van der Waals surface area (Å²) in [7, 11) is 0. The van der Waals surface area contributed by atoms with E-state index in [-0.39, 0.29) is 0 Å². The van der Waals surface area contributed by atoms with Gasteiger partial charge in [0, 0.05) is 6.54 Å². The molecule has 1 atom stereocenters. The number of hydrogen-bond acceptors (Lipinski definition) is 3. The number of aryl methyl sites for hydroxylation is 2. The van der Waals surface area contributed by atoms with Gasteiger partial charge in [0.15, 0.2) is 0 Å². The number of aromatic nitrogens is 3. The zero-order chi connectivity index (χ0) is 9.14. The maximum atomic E-state index is 5.60. The molecular weight excluding hydrogens is 152 g/mol. The number of hydrogen-bond donors (Lipinski definition) is 1. The highest BCUT2D eigenvalue weighted by Crippen LogP contribution is 2.10. The van der Waals surface area contributed by atoms with Crippen LogP contribution >= 0.6 is 0 Å². The van der Waals surface area contributed by atoms with E-state index in [0.717, 1.165) is 18.1 Å². The van der Waals surface area contributed by atoms with Crippen molar-refractivity contribution in [2.45, 2.75) is 33.2 Å². The van der Waals surface area contributed by atoms with Gasteiger partial charge >= 0.3 is 0 Å². The fourth-order valence-corrected chi connectivity index (χ4v) is 1.32. The molecule has 0 spiro atoms. The van der Waals surface area contributed by atoms with Gasteiger partial charge in [-0.2, -0.15) is 5.10 Å². The van der Waals surface area contributed by atoms with Gasteiger partial charge < -0.3 is 5.73 Å². The molecule has 0 aliphatic rings. The molecule has 0 aromatic carbocycles. The topological polar surface area (TPSA) is 56.7 Å². The SMILES string of the molecule is CCC(CN)n1nc(C)nc1C. The molecule has 1 aromatic heterocycles. The van der Waals surface area contributed by atoms with Crippen LogP contribution in [-0.2, 0) is 0 Å². The minimum atomic E-state index is 0.297. The van der Waals surface area contributed by atoms with Gasteiger partial charge in [-0.3, -0.25) is 0 Å². The van der Waals surface area contributed by atoms with E-state index in [9.17, 15) is 0 Å². The Morgan fingerprint density at radius 2 is 2.17 bits per heavy atom. The third-order valence-electron chi connectivity index (χ3n) is 2.00. The Hall–Kier alpha value is -0.900. The van der Waals surface area contributed by atoms with Crippen LogP contribution in [0, 0.1) is 13.8 Å². The van der Waals surface area contributed by atoms with Crippen molar-refractivity contribution in [3.8, 4) is 0 Å².